The van der Waals surface area contributed by atoms with E-state index in [1.165, 1.54) is 0 Å². The molecular formula is C16H22N2O3. The second kappa shape index (κ2) is 6.70. The Morgan fingerprint density at radius 1 is 1.29 bits per heavy atom. The number of amides is 1. The second-order valence-corrected chi connectivity index (χ2v) is 5.92. The molecule has 5 nitrogen and oxygen atoms in total. The van der Waals surface area contributed by atoms with Crippen LogP contribution < -0.4 is 5.32 Å². The van der Waals surface area contributed by atoms with Crippen LogP contribution in [0.4, 0.5) is 5.69 Å². The third kappa shape index (κ3) is 3.80. The lowest BCUT2D eigenvalue weighted by Gasteiger charge is -2.27. The summed E-state index contributed by atoms with van der Waals surface area (Å²) in [6, 6.07) is 1.73. The molecule has 114 valence electrons. The summed E-state index contributed by atoms with van der Waals surface area (Å²) in [4.78, 5) is 27.9. The smallest absolute Gasteiger partial charge is 0.310 e. The molecule has 0 bridgehead atoms. The molecule has 1 aliphatic carbocycles. The first-order valence-electron chi connectivity index (χ1n) is 7.47. The van der Waals surface area contributed by atoms with Crippen LogP contribution in [-0.4, -0.2) is 22.0 Å². The van der Waals surface area contributed by atoms with Gasteiger partial charge in [0.2, 0.25) is 5.91 Å². The van der Waals surface area contributed by atoms with Gasteiger partial charge in [0.25, 0.3) is 0 Å². The van der Waals surface area contributed by atoms with Crippen LogP contribution in [0.15, 0.2) is 18.5 Å². The van der Waals surface area contributed by atoms with Gasteiger partial charge in [0.15, 0.2) is 0 Å². The molecule has 0 spiro atoms. The van der Waals surface area contributed by atoms with E-state index in [1.54, 1.807) is 18.5 Å². The topological polar surface area (TPSA) is 79.3 Å². The summed E-state index contributed by atoms with van der Waals surface area (Å²) in [7, 11) is 0. The van der Waals surface area contributed by atoms with Crippen molar-refractivity contribution in [2.75, 3.05) is 5.32 Å². The molecule has 2 N–H and O–H groups in total. The molecule has 1 aliphatic rings. The van der Waals surface area contributed by atoms with Crippen molar-refractivity contribution in [3.8, 4) is 0 Å². The standard InChI is InChI=1S/C16H22N2O3/c1-12-11-17-9-6-13(12)18-14(19)10-16(15(20)21)7-4-2-3-5-8-16/h6,9,11H,2-5,7-8,10H2,1H3,(H,20,21)(H,17,18,19). The number of nitrogens with one attached hydrogen (secondary N) is 1. The van der Waals surface area contributed by atoms with Crippen molar-refractivity contribution in [3.63, 3.8) is 0 Å². The number of hydrogen-bond donors (Lipinski definition) is 2. The van der Waals surface area contributed by atoms with Gasteiger partial charge in [0.05, 0.1) is 5.41 Å². The van der Waals surface area contributed by atoms with Crippen molar-refractivity contribution in [2.24, 2.45) is 5.41 Å². The minimum absolute atomic E-state index is 0.0457. The number of pyridine rings is 1. The number of carbonyl (C=O) groups is 2. The fourth-order valence-corrected chi connectivity index (χ4v) is 2.99. The summed E-state index contributed by atoms with van der Waals surface area (Å²) in [6.45, 7) is 1.86. The minimum atomic E-state index is -0.901. The average molecular weight is 290 g/mol. The van der Waals surface area contributed by atoms with Crippen molar-refractivity contribution >= 4 is 17.6 Å². The van der Waals surface area contributed by atoms with E-state index in [0.717, 1.165) is 31.2 Å². The Balaban J connectivity index is 2.08. The van der Waals surface area contributed by atoms with Gasteiger partial charge in [-0.15, -0.1) is 0 Å². The Labute approximate surface area is 124 Å². The van der Waals surface area contributed by atoms with Gasteiger partial charge in [0, 0.05) is 24.5 Å². The minimum Gasteiger partial charge on any atom is -0.481 e. The molecule has 0 unspecified atom stereocenters. The van der Waals surface area contributed by atoms with Crippen molar-refractivity contribution < 1.29 is 14.7 Å². The first-order chi connectivity index (χ1) is 10.0. The third-order valence-corrected chi connectivity index (χ3v) is 4.31. The fourth-order valence-electron chi connectivity index (χ4n) is 2.99. The summed E-state index contributed by atoms with van der Waals surface area (Å²) in [6.07, 6.45) is 8.39. The van der Waals surface area contributed by atoms with E-state index in [0.29, 0.717) is 18.5 Å². The molecule has 0 aliphatic heterocycles. The predicted octanol–water partition coefficient (Wildman–Crippen LogP) is 3.14. The highest BCUT2D eigenvalue weighted by Crippen LogP contribution is 2.38. The molecule has 21 heavy (non-hydrogen) atoms. The zero-order chi connectivity index (χ0) is 15.3. The second-order valence-electron chi connectivity index (χ2n) is 5.92. The monoisotopic (exact) mass is 290 g/mol. The zero-order valence-electron chi connectivity index (χ0n) is 12.4. The molecule has 1 saturated carbocycles. The largest absolute Gasteiger partial charge is 0.481 e. The lowest BCUT2D eigenvalue weighted by Crippen LogP contribution is -2.35. The number of rotatable bonds is 4. The SMILES string of the molecule is Cc1cnccc1NC(=O)CC1(C(=O)O)CCCCCC1. The fraction of sp³-hybridized carbons (Fsp3) is 0.562. The van der Waals surface area contributed by atoms with E-state index < -0.39 is 11.4 Å². The molecular weight excluding hydrogens is 268 g/mol. The Hall–Kier alpha value is -1.91. The number of hydrogen-bond acceptors (Lipinski definition) is 3. The van der Waals surface area contributed by atoms with Crippen LogP contribution >= 0.6 is 0 Å². The number of aromatic nitrogens is 1. The molecule has 0 aromatic carbocycles. The summed E-state index contributed by atoms with van der Waals surface area (Å²) in [5.74, 6) is -1.07. The molecule has 1 aromatic heterocycles. The number of carbonyl (C=O) groups excluding carboxylic acids is 1. The molecule has 2 rings (SSSR count). The molecule has 5 heteroatoms. The van der Waals surface area contributed by atoms with Crippen molar-refractivity contribution in [1.82, 2.24) is 4.98 Å². The molecule has 1 fully saturated rings. The van der Waals surface area contributed by atoms with Gasteiger partial charge >= 0.3 is 5.97 Å². The summed E-state index contributed by atoms with van der Waals surface area (Å²) < 4.78 is 0. The highest BCUT2D eigenvalue weighted by Gasteiger charge is 2.40. The van der Waals surface area contributed by atoms with Gasteiger partial charge in [-0.25, -0.2) is 0 Å². The quantitative estimate of drug-likeness (QED) is 0.835. The van der Waals surface area contributed by atoms with Crippen LogP contribution in [0, 0.1) is 12.3 Å². The van der Waals surface area contributed by atoms with Gasteiger partial charge < -0.3 is 10.4 Å². The summed E-state index contributed by atoms with van der Waals surface area (Å²) in [5.41, 5.74) is 0.668. The molecule has 1 amide bonds. The van der Waals surface area contributed by atoms with E-state index in [2.05, 4.69) is 10.3 Å². The number of aliphatic carboxylic acids is 1. The predicted molar refractivity (Wildman–Crippen MR) is 80.0 cm³/mol. The van der Waals surface area contributed by atoms with Gasteiger partial charge in [0.1, 0.15) is 0 Å². The highest BCUT2D eigenvalue weighted by atomic mass is 16.4. The zero-order valence-corrected chi connectivity index (χ0v) is 12.4. The van der Waals surface area contributed by atoms with E-state index in [4.69, 9.17) is 0 Å². The van der Waals surface area contributed by atoms with E-state index in [-0.39, 0.29) is 12.3 Å². The van der Waals surface area contributed by atoms with Crippen LogP contribution in [0.25, 0.3) is 0 Å². The highest BCUT2D eigenvalue weighted by molar-refractivity contribution is 5.94. The Bertz CT molecular complexity index is 520. The number of aryl methyl sites for hydroxylation is 1. The number of carboxylic acid groups (broad SMARTS) is 1. The van der Waals surface area contributed by atoms with Crippen LogP contribution in [0.1, 0.15) is 50.5 Å². The van der Waals surface area contributed by atoms with Crippen LogP contribution in [0.5, 0.6) is 0 Å². The Morgan fingerprint density at radius 3 is 2.52 bits per heavy atom. The maximum absolute atomic E-state index is 12.3. The maximum atomic E-state index is 12.3. The van der Waals surface area contributed by atoms with Gasteiger partial charge in [-0.3, -0.25) is 14.6 Å². The first-order valence-corrected chi connectivity index (χ1v) is 7.47. The lowest BCUT2D eigenvalue weighted by atomic mass is 9.77. The molecule has 0 saturated heterocycles. The molecule has 0 atom stereocenters. The molecule has 1 heterocycles. The maximum Gasteiger partial charge on any atom is 0.310 e. The molecule has 1 aromatic rings. The number of anilines is 1. The van der Waals surface area contributed by atoms with Crippen LogP contribution in [0.3, 0.4) is 0 Å². The lowest BCUT2D eigenvalue weighted by molar-refractivity contribution is -0.152. The van der Waals surface area contributed by atoms with Gasteiger partial charge in [-0.05, 0) is 31.4 Å². The van der Waals surface area contributed by atoms with E-state index >= 15 is 0 Å². The number of nitrogens with zero attached hydrogens (tertiary/aromatic N) is 1. The van der Waals surface area contributed by atoms with Crippen molar-refractivity contribution in [3.05, 3.63) is 24.0 Å². The molecule has 0 radical (unpaired) electrons. The van der Waals surface area contributed by atoms with Crippen LogP contribution in [-0.2, 0) is 9.59 Å². The summed E-state index contributed by atoms with van der Waals surface area (Å²) in [5, 5.41) is 12.4. The van der Waals surface area contributed by atoms with Crippen LogP contribution in [0.2, 0.25) is 0 Å². The third-order valence-electron chi connectivity index (χ3n) is 4.31. The Kier molecular flexibility index (Phi) is 4.94. The average Bonchev–Trinajstić information content (AvgIpc) is 2.68. The van der Waals surface area contributed by atoms with Crippen molar-refractivity contribution in [2.45, 2.75) is 51.9 Å². The normalized spacial score (nSPS) is 17.8. The number of carboxylic acids is 1. The van der Waals surface area contributed by atoms with E-state index in [1.807, 2.05) is 6.92 Å². The first kappa shape index (κ1) is 15.5. The summed E-state index contributed by atoms with van der Waals surface area (Å²) >= 11 is 0. The van der Waals surface area contributed by atoms with Crippen molar-refractivity contribution in [1.29, 1.82) is 0 Å². The Morgan fingerprint density at radius 2 is 1.95 bits per heavy atom. The van der Waals surface area contributed by atoms with E-state index in [9.17, 15) is 14.7 Å². The van der Waals surface area contributed by atoms with Gasteiger partial charge in [-0.2, -0.15) is 0 Å². The van der Waals surface area contributed by atoms with Gasteiger partial charge in [-0.1, -0.05) is 25.7 Å².